The van der Waals surface area contributed by atoms with Gasteiger partial charge in [0.2, 0.25) is 10.0 Å². The van der Waals surface area contributed by atoms with Gasteiger partial charge in [0.25, 0.3) is 0 Å². The summed E-state index contributed by atoms with van der Waals surface area (Å²) in [5.41, 5.74) is 6.68. The maximum absolute atomic E-state index is 12.1. The molecule has 3 N–H and O–H groups in total. The number of nitrogen functional groups attached to an aromatic ring is 1. The highest BCUT2D eigenvalue weighted by atomic mass is 32.2. The summed E-state index contributed by atoms with van der Waals surface area (Å²) < 4.78 is 26.9. The highest BCUT2D eigenvalue weighted by Crippen LogP contribution is 2.26. The molecule has 2 rings (SSSR count). The van der Waals surface area contributed by atoms with Gasteiger partial charge in [-0.05, 0) is 25.0 Å². The Hall–Kier alpha value is -1.23. The van der Waals surface area contributed by atoms with Crippen LogP contribution in [0.25, 0.3) is 0 Å². The van der Waals surface area contributed by atoms with Gasteiger partial charge in [-0.15, -0.1) is 0 Å². The van der Waals surface area contributed by atoms with Crippen LogP contribution in [0.5, 0.6) is 0 Å². The van der Waals surface area contributed by atoms with Crippen molar-refractivity contribution < 1.29 is 8.42 Å². The third-order valence-electron chi connectivity index (χ3n) is 3.20. The lowest BCUT2D eigenvalue weighted by molar-refractivity contribution is 0.486. The second-order valence-corrected chi connectivity index (χ2v) is 6.46. The molecule has 0 spiro atoms. The average Bonchev–Trinajstić information content (AvgIpc) is 2.33. The van der Waals surface area contributed by atoms with Crippen molar-refractivity contribution >= 4 is 21.4 Å². The monoisotopic (exact) mass is 254 g/mol. The average molecular weight is 254 g/mol. The van der Waals surface area contributed by atoms with Crippen LogP contribution in [0, 0.1) is 0 Å². The Bertz CT molecular complexity index is 479. The van der Waals surface area contributed by atoms with Gasteiger partial charge in [0.15, 0.2) is 0 Å². The summed E-state index contributed by atoms with van der Waals surface area (Å²) in [4.78, 5) is 0. The Kier molecular flexibility index (Phi) is 3.57. The van der Waals surface area contributed by atoms with Gasteiger partial charge in [0.05, 0.1) is 16.6 Å². The number of nitrogens with two attached hydrogens (primary N) is 1. The normalized spacial score (nSPS) is 17.9. The zero-order chi connectivity index (χ0) is 12.3. The van der Waals surface area contributed by atoms with Gasteiger partial charge in [0.1, 0.15) is 0 Å². The molecule has 1 aliphatic carbocycles. The molecule has 1 saturated carbocycles. The van der Waals surface area contributed by atoms with Crippen LogP contribution in [-0.4, -0.2) is 13.7 Å². The van der Waals surface area contributed by atoms with E-state index in [2.05, 4.69) is 4.72 Å². The number of anilines is 2. The molecular weight excluding hydrogens is 236 g/mol. The minimum Gasteiger partial charge on any atom is -0.397 e. The van der Waals surface area contributed by atoms with Gasteiger partial charge in [-0.3, -0.25) is 4.72 Å². The quantitative estimate of drug-likeness (QED) is 0.813. The molecule has 0 radical (unpaired) electrons. The second kappa shape index (κ2) is 4.96. The molecule has 0 bridgehead atoms. The third-order valence-corrected chi connectivity index (χ3v) is 5.06. The van der Waals surface area contributed by atoms with E-state index in [1.54, 1.807) is 24.3 Å². The molecule has 94 valence electrons. The van der Waals surface area contributed by atoms with Crippen molar-refractivity contribution in [2.75, 3.05) is 10.5 Å². The van der Waals surface area contributed by atoms with Crippen LogP contribution in [0.15, 0.2) is 24.3 Å². The first-order chi connectivity index (χ1) is 8.09. The summed E-state index contributed by atoms with van der Waals surface area (Å²) in [6, 6.07) is 6.94. The van der Waals surface area contributed by atoms with E-state index < -0.39 is 10.0 Å². The van der Waals surface area contributed by atoms with E-state index in [1.807, 2.05) is 0 Å². The predicted octanol–water partition coefficient (Wildman–Crippen LogP) is 2.34. The first-order valence-corrected chi connectivity index (χ1v) is 7.50. The molecule has 17 heavy (non-hydrogen) atoms. The third kappa shape index (κ3) is 2.91. The largest absolute Gasteiger partial charge is 0.397 e. The lowest BCUT2D eigenvalue weighted by Crippen LogP contribution is -2.29. The van der Waals surface area contributed by atoms with Crippen LogP contribution in [0.2, 0.25) is 0 Å². The van der Waals surface area contributed by atoms with E-state index in [1.165, 1.54) is 0 Å². The van der Waals surface area contributed by atoms with E-state index in [0.717, 1.165) is 32.1 Å². The molecule has 0 aromatic heterocycles. The number of nitrogens with one attached hydrogen (secondary N) is 1. The van der Waals surface area contributed by atoms with Crippen molar-refractivity contribution in [3.8, 4) is 0 Å². The molecule has 0 heterocycles. The van der Waals surface area contributed by atoms with Crippen molar-refractivity contribution in [2.24, 2.45) is 0 Å². The smallest absolute Gasteiger partial charge is 0.235 e. The Balaban J connectivity index is 2.14. The van der Waals surface area contributed by atoms with E-state index in [-0.39, 0.29) is 5.25 Å². The van der Waals surface area contributed by atoms with Crippen LogP contribution in [0.1, 0.15) is 32.1 Å². The molecule has 1 fully saturated rings. The first-order valence-electron chi connectivity index (χ1n) is 5.96. The second-order valence-electron chi connectivity index (χ2n) is 4.49. The number of para-hydroxylation sites is 2. The van der Waals surface area contributed by atoms with Crippen LogP contribution in [0.3, 0.4) is 0 Å². The fourth-order valence-electron chi connectivity index (χ4n) is 2.20. The Morgan fingerprint density at radius 2 is 1.76 bits per heavy atom. The van der Waals surface area contributed by atoms with E-state index >= 15 is 0 Å². The molecule has 5 heteroatoms. The minimum atomic E-state index is -3.29. The molecule has 0 aliphatic heterocycles. The summed E-state index contributed by atoms with van der Waals surface area (Å²) in [6.07, 6.45) is 4.63. The summed E-state index contributed by atoms with van der Waals surface area (Å²) in [5, 5.41) is -0.268. The van der Waals surface area contributed by atoms with Crippen LogP contribution < -0.4 is 10.5 Å². The molecule has 0 saturated heterocycles. The van der Waals surface area contributed by atoms with Crippen molar-refractivity contribution in [2.45, 2.75) is 37.4 Å². The highest BCUT2D eigenvalue weighted by molar-refractivity contribution is 7.93. The Labute approximate surface area is 102 Å². The minimum absolute atomic E-state index is 0.268. The fraction of sp³-hybridized carbons (Fsp3) is 0.500. The number of benzene rings is 1. The van der Waals surface area contributed by atoms with Crippen molar-refractivity contribution in [3.63, 3.8) is 0 Å². The Morgan fingerprint density at radius 1 is 1.12 bits per heavy atom. The number of sulfonamides is 1. The molecule has 4 nitrogen and oxygen atoms in total. The van der Waals surface area contributed by atoms with Gasteiger partial charge in [-0.2, -0.15) is 0 Å². The van der Waals surface area contributed by atoms with Gasteiger partial charge < -0.3 is 5.73 Å². The zero-order valence-corrected chi connectivity index (χ0v) is 10.5. The predicted molar refractivity (Wildman–Crippen MR) is 70.3 cm³/mol. The number of rotatable bonds is 3. The Morgan fingerprint density at radius 3 is 2.41 bits per heavy atom. The van der Waals surface area contributed by atoms with E-state index in [9.17, 15) is 8.42 Å². The van der Waals surface area contributed by atoms with E-state index in [4.69, 9.17) is 5.73 Å². The molecule has 1 aromatic rings. The van der Waals surface area contributed by atoms with Gasteiger partial charge in [0, 0.05) is 0 Å². The van der Waals surface area contributed by atoms with Crippen molar-refractivity contribution in [1.29, 1.82) is 0 Å². The summed E-state index contributed by atoms with van der Waals surface area (Å²) in [6.45, 7) is 0. The molecular formula is C12H18N2O2S. The van der Waals surface area contributed by atoms with E-state index in [0.29, 0.717) is 11.4 Å². The standard InChI is InChI=1S/C12H18N2O2S/c13-11-8-4-5-9-12(11)14-17(15,16)10-6-2-1-3-7-10/h4-5,8-10,14H,1-3,6-7,13H2. The number of hydrogen-bond donors (Lipinski definition) is 2. The molecule has 1 aliphatic rings. The van der Waals surface area contributed by atoms with Crippen LogP contribution in [0.4, 0.5) is 11.4 Å². The molecule has 0 amide bonds. The maximum Gasteiger partial charge on any atom is 0.235 e. The summed E-state index contributed by atoms with van der Waals surface area (Å²) >= 11 is 0. The number of hydrogen-bond acceptors (Lipinski definition) is 3. The lowest BCUT2D eigenvalue weighted by atomic mass is 10.0. The lowest BCUT2D eigenvalue weighted by Gasteiger charge is -2.22. The SMILES string of the molecule is Nc1ccccc1NS(=O)(=O)C1CCCCC1. The molecule has 1 aromatic carbocycles. The van der Waals surface area contributed by atoms with Gasteiger partial charge in [-0.1, -0.05) is 31.4 Å². The molecule has 0 atom stereocenters. The topological polar surface area (TPSA) is 72.2 Å². The van der Waals surface area contributed by atoms with Gasteiger partial charge in [-0.25, -0.2) is 8.42 Å². The van der Waals surface area contributed by atoms with Crippen LogP contribution in [-0.2, 0) is 10.0 Å². The van der Waals surface area contributed by atoms with Gasteiger partial charge >= 0.3 is 0 Å². The summed E-state index contributed by atoms with van der Waals surface area (Å²) in [5.74, 6) is 0. The fourth-order valence-corrected chi connectivity index (χ4v) is 3.82. The maximum atomic E-state index is 12.1. The van der Waals surface area contributed by atoms with Crippen molar-refractivity contribution in [1.82, 2.24) is 0 Å². The summed E-state index contributed by atoms with van der Waals surface area (Å²) in [7, 11) is -3.29. The first kappa shape index (κ1) is 12.2. The molecule has 0 unspecified atom stereocenters. The van der Waals surface area contributed by atoms with Crippen molar-refractivity contribution in [3.05, 3.63) is 24.3 Å². The van der Waals surface area contributed by atoms with Crippen LogP contribution >= 0.6 is 0 Å². The highest BCUT2D eigenvalue weighted by Gasteiger charge is 2.27. The zero-order valence-electron chi connectivity index (χ0n) is 9.72.